The normalized spacial score (nSPS) is 28.1. The monoisotopic (exact) mass is 293 g/mol. The minimum Gasteiger partial charge on any atom is -0.497 e. The molecule has 1 aliphatic carbocycles. The van der Waals surface area contributed by atoms with Gasteiger partial charge < -0.3 is 14.8 Å². The number of benzene rings is 2. The van der Waals surface area contributed by atoms with Gasteiger partial charge >= 0.3 is 0 Å². The molecule has 1 N–H and O–H groups in total. The van der Waals surface area contributed by atoms with Crippen molar-refractivity contribution >= 4 is 17.9 Å². The lowest BCUT2D eigenvalue weighted by molar-refractivity contribution is -0.119. The van der Waals surface area contributed by atoms with Crippen molar-refractivity contribution in [3.8, 4) is 5.75 Å². The molecule has 0 radical (unpaired) electrons. The molecule has 0 unspecified atom stereocenters. The molecule has 1 fully saturated rings. The largest absolute Gasteiger partial charge is 0.497 e. The number of carbonyl (C=O) groups is 2. The summed E-state index contributed by atoms with van der Waals surface area (Å²) in [6, 6.07) is 15.2. The highest BCUT2D eigenvalue weighted by Gasteiger charge is 2.73. The number of para-hydroxylation sites is 1. The van der Waals surface area contributed by atoms with Crippen LogP contribution in [0.3, 0.4) is 0 Å². The zero-order valence-electron chi connectivity index (χ0n) is 12.1. The number of carbonyl (C=O) groups excluding carboxylic acids is 2. The van der Waals surface area contributed by atoms with Gasteiger partial charge in [-0.1, -0.05) is 30.3 Å². The molecule has 4 rings (SSSR count). The zero-order chi connectivity index (χ0) is 15.3. The second kappa shape index (κ2) is 4.44. The van der Waals surface area contributed by atoms with Gasteiger partial charge in [-0.05, 0) is 29.3 Å². The van der Waals surface area contributed by atoms with E-state index in [0.717, 1.165) is 28.8 Å². The lowest BCUT2D eigenvalue weighted by atomic mass is 9.91. The zero-order valence-corrected chi connectivity index (χ0v) is 12.1. The first-order valence-corrected chi connectivity index (χ1v) is 7.23. The van der Waals surface area contributed by atoms with Crippen LogP contribution in [0, 0.1) is 5.92 Å². The number of anilines is 1. The quantitative estimate of drug-likeness (QED) is 0.885. The van der Waals surface area contributed by atoms with Crippen LogP contribution in [0.5, 0.6) is 5.75 Å². The summed E-state index contributed by atoms with van der Waals surface area (Å²) < 4.78 is 5.17. The molecule has 1 aliphatic heterocycles. The molecule has 4 nitrogen and oxygen atoms in total. The number of nitrogens with one attached hydrogen (secondary N) is 1. The number of hydrogen-bond donors (Lipinski definition) is 1. The summed E-state index contributed by atoms with van der Waals surface area (Å²) in [7, 11) is 1.61. The van der Waals surface area contributed by atoms with Crippen LogP contribution in [0.1, 0.15) is 17.0 Å². The lowest BCUT2D eigenvalue weighted by Gasteiger charge is -2.09. The Morgan fingerprint density at radius 2 is 1.86 bits per heavy atom. The van der Waals surface area contributed by atoms with Crippen molar-refractivity contribution < 1.29 is 14.3 Å². The summed E-state index contributed by atoms with van der Waals surface area (Å²) in [5.41, 5.74) is 1.99. The molecule has 2 aromatic rings. The van der Waals surface area contributed by atoms with E-state index in [4.69, 9.17) is 4.74 Å². The van der Waals surface area contributed by atoms with E-state index >= 15 is 0 Å². The van der Waals surface area contributed by atoms with Gasteiger partial charge in [0.25, 0.3) is 0 Å². The summed E-state index contributed by atoms with van der Waals surface area (Å²) >= 11 is 0. The molecule has 1 saturated carbocycles. The average molecular weight is 293 g/mol. The Morgan fingerprint density at radius 1 is 1.14 bits per heavy atom. The number of methoxy groups -OCH3 is 1. The van der Waals surface area contributed by atoms with Gasteiger partial charge in [-0.15, -0.1) is 0 Å². The van der Waals surface area contributed by atoms with Crippen molar-refractivity contribution in [1.82, 2.24) is 0 Å². The van der Waals surface area contributed by atoms with E-state index in [0.29, 0.717) is 0 Å². The molecule has 0 bridgehead atoms. The molecule has 1 spiro atoms. The highest BCUT2D eigenvalue weighted by Crippen LogP contribution is 2.68. The second-order valence-corrected chi connectivity index (χ2v) is 5.78. The first-order chi connectivity index (χ1) is 10.7. The highest BCUT2D eigenvalue weighted by atomic mass is 16.5. The van der Waals surface area contributed by atoms with E-state index in [-0.39, 0.29) is 17.7 Å². The van der Waals surface area contributed by atoms with E-state index in [9.17, 15) is 9.59 Å². The highest BCUT2D eigenvalue weighted by molar-refractivity contribution is 6.12. The number of ether oxygens (including phenoxy) is 1. The first-order valence-electron chi connectivity index (χ1n) is 7.23. The van der Waals surface area contributed by atoms with Crippen LogP contribution >= 0.6 is 0 Å². The van der Waals surface area contributed by atoms with Crippen LogP contribution in [0.2, 0.25) is 0 Å². The smallest absolute Gasteiger partial charge is 0.236 e. The van der Waals surface area contributed by atoms with Crippen molar-refractivity contribution in [1.29, 1.82) is 0 Å². The SMILES string of the molecule is COc1ccc([C@@H]2[C@@H](C=O)[C@@]23C(=O)Nc2ccccc23)cc1. The van der Waals surface area contributed by atoms with Gasteiger partial charge in [-0.3, -0.25) is 4.79 Å². The molecular formula is C18H15NO3. The number of hydrogen-bond acceptors (Lipinski definition) is 3. The first kappa shape index (κ1) is 13.1. The number of aldehydes is 1. The third-order valence-electron chi connectivity index (χ3n) is 4.88. The Morgan fingerprint density at radius 3 is 2.55 bits per heavy atom. The Balaban J connectivity index is 1.82. The van der Waals surface area contributed by atoms with Crippen LogP contribution in [0.4, 0.5) is 5.69 Å². The van der Waals surface area contributed by atoms with Gasteiger partial charge in [0.05, 0.1) is 12.5 Å². The standard InChI is InChI=1S/C18H15NO3/c1-22-12-8-6-11(7-9-12)16-14(10-20)18(16)13-4-2-3-5-15(13)19-17(18)21/h2-10,14,16H,1H3,(H,19,21)/t14-,16-,18-/m1/s1. The van der Waals surface area contributed by atoms with Gasteiger partial charge in [0, 0.05) is 17.5 Å². The van der Waals surface area contributed by atoms with E-state index in [2.05, 4.69) is 5.32 Å². The Hall–Kier alpha value is -2.62. The Labute approximate surface area is 128 Å². The molecule has 1 heterocycles. The van der Waals surface area contributed by atoms with E-state index in [1.165, 1.54) is 0 Å². The summed E-state index contributed by atoms with van der Waals surface area (Å²) in [5, 5.41) is 2.91. The average Bonchev–Trinajstić information content (AvgIpc) is 3.16. The van der Waals surface area contributed by atoms with Crippen LogP contribution in [-0.4, -0.2) is 19.3 Å². The fourth-order valence-corrected chi connectivity index (χ4v) is 3.82. The molecule has 2 aliphatic rings. The number of fused-ring (bicyclic) bond motifs is 2. The fraction of sp³-hybridized carbons (Fsp3) is 0.222. The molecule has 22 heavy (non-hydrogen) atoms. The topological polar surface area (TPSA) is 55.4 Å². The molecule has 0 saturated heterocycles. The van der Waals surface area contributed by atoms with Crippen molar-refractivity contribution in [2.24, 2.45) is 5.92 Å². The van der Waals surface area contributed by atoms with Gasteiger partial charge in [-0.25, -0.2) is 0 Å². The number of rotatable bonds is 3. The van der Waals surface area contributed by atoms with E-state index < -0.39 is 5.41 Å². The molecule has 2 aromatic carbocycles. The fourth-order valence-electron chi connectivity index (χ4n) is 3.82. The molecule has 1 amide bonds. The van der Waals surface area contributed by atoms with Gasteiger partial charge in [0.1, 0.15) is 12.0 Å². The number of amides is 1. The second-order valence-electron chi connectivity index (χ2n) is 5.78. The summed E-state index contributed by atoms with van der Waals surface area (Å²) in [6.07, 6.45) is 0.913. The minimum absolute atomic E-state index is 0.0772. The maximum absolute atomic E-state index is 12.6. The summed E-state index contributed by atoms with van der Waals surface area (Å²) in [5.74, 6) is 0.257. The third-order valence-corrected chi connectivity index (χ3v) is 4.88. The summed E-state index contributed by atoms with van der Waals surface area (Å²) in [4.78, 5) is 24.2. The van der Waals surface area contributed by atoms with Crippen molar-refractivity contribution in [3.63, 3.8) is 0 Å². The predicted octanol–water partition coefficient (Wildman–Crippen LogP) is 2.50. The van der Waals surface area contributed by atoms with Crippen LogP contribution in [0.15, 0.2) is 48.5 Å². The van der Waals surface area contributed by atoms with Gasteiger partial charge in [0.2, 0.25) is 5.91 Å². The molecule has 4 heteroatoms. The predicted molar refractivity (Wildman–Crippen MR) is 82.0 cm³/mol. The van der Waals surface area contributed by atoms with Gasteiger partial charge in [-0.2, -0.15) is 0 Å². The molecule has 3 atom stereocenters. The molecular weight excluding hydrogens is 278 g/mol. The van der Waals surface area contributed by atoms with E-state index in [1.807, 2.05) is 48.5 Å². The van der Waals surface area contributed by atoms with Crippen LogP contribution in [-0.2, 0) is 15.0 Å². The Kier molecular flexibility index (Phi) is 2.64. The minimum atomic E-state index is -0.743. The van der Waals surface area contributed by atoms with E-state index in [1.54, 1.807) is 7.11 Å². The van der Waals surface area contributed by atoms with Crippen molar-refractivity contribution in [2.75, 3.05) is 12.4 Å². The maximum Gasteiger partial charge on any atom is 0.236 e. The van der Waals surface area contributed by atoms with Crippen molar-refractivity contribution in [3.05, 3.63) is 59.7 Å². The Bertz CT molecular complexity index is 768. The van der Waals surface area contributed by atoms with Crippen LogP contribution < -0.4 is 10.1 Å². The third kappa shape index (κ3) is 1.47. The lowest BCUT2D eigenvalue weighted by Crippen LogP contribution is -2.23. The summed E-state index contributed by atoms with van der Waals surface area (Å²) in [6.45, 7) is 0. The molecule has 0 aromatic heterocycles. The van der Waals surface area contributed by atoms with Gasteiger partial charge in [0.15, 0.2) is 0 Å². The maximum atomic E-state index is 12.6. The van der Waals surface area contributed by atoms with Crippen molar-refractivity contribution in [2.45, 2.75) is 11.3 Å². The van der Waals surface area contributed by atoms with Crippen LogP contribution in [0.25, 0.3) is 0 Å². The molecule has 110 valence electrons.